The third kappa shape index (κ3) is 8.77. The first-order valence-corrected chi connectivity index (χ1v) is 16.2. The Morgan fingerprint density at radius 3 is 2.23 bits per heavy atom. The molecule has 9 nitrogen and oxygen atoms in total. The third-order valence-corrected chi connectivity index (χ3v) is 8.71. The Bertz CT molecular complexity index is 2080. The first-order chi connectivity index (χ1) is 24.6. The molecule has 1 aliphatic rings. The number of piperazine rings is 1. The average molecular weight is 746 g/mol. The van der Waals surface area contributed by atoms with E-state index < -0.39 is 35.5 Å². The molecule has 0 unspecified atom stereocenters. The molecule has 0 atom stereocenters. The van der Waals surface area contributed by atoms with Gasteiger partial charge in [-0.25, -0.2) is 4.98 Å². The number of halogens is 7. The molecule has 0 bridgehead atoms. The van der Waals surface area contributed by atoms with Gasteiger partial charge in [0.2, 0.25) is 5.88 Å². The van der Waals surface area contributed by atoms with Gasteiger partial charge < -0.3 is 24.3 Å². The van der Waals surface area contributed by atoms with E-state index in [0.29, 0.717) is 50.2 Å². The largest absolute Gasteiger partial charge is 0.484 e. The maximum absolute atomic E-state index is 13.5. The molecule has 3 heterocycles. The number of pyridine rings is 1. The van der Waals surface area contributed by atoms with Gasteiger partial charge in [-0.2, -0.15) is 26.3 Å². The van der Waals surface area contributed by atoms with Crippen LogP contribution in [0.1, 0.15) is 32.0 Å². The number of carbonyl (C=O) groups excluding carboxylic acids is 2. The van der Waals surface area contributed by atoms with Gasteiger partial charge in [0.1, 0.15) is 17.2 Å². The van der Waals surface area contributed by atoms with Gasteiger partial charge in [-0.05, 0) is 60.2 Å². The van der Waals surface area contributed by atoms with E-state index >= 15 is 0 Å². The summed E-state index contributed by atoms with van der Waals surface area (Å²) in [7, 11) is 1.78. The van der Waals surface area contributed by atoms with E-state index in [2.05, 4.69) is 15.2 Å². The number of nitrogens with zero attached hydrogens (tertiary/aromatic N) is 4. The van der Waals surface area contributed by atoms with Gasteiger partial charge in [-0.3, -0.25) is 14.5 Å². The van der Waals surface area contributed by atoms with Crippen molar-refractivity contribution in [3.63, 3.8) is 0 Å². The summed E-state index contributed by atoms with van der Waals surface area (Å²) in [6, 6.07) is 19.5. The van der Waals surface area contributed by atoms with Gasteiger partial charge in [-0.1, -0.05) is 23.7 Å². The summed E-state index contributed by atoms with van der Waals surface area (Å²) in [5.41, 5.74) is 1.05. The van der Waals surface area contributed by atoms with Crippen molar-refractivity contribution in [1.29, 1.82) is 0 Å². The molecule has 6 rings (SSSR count). The number of rotatable bonds is 9. The Labute approximate surface area is 298 Å². The molecule has 2 aromatic heterocycles. The molecule has 1 fully saturated rings. The predicted molar refractivity (Wildman–Crippen MR) is 181 cm³/mol. The van der Waals surface area contributed by atoms with Crippen LogP contribution in [-0.2, 0) is 19.8 Å². The van der Waals surface area contributed by atoms with Crippen LogP contribution in [0, 0.1) is 0 Å². The minimum atomic E-state index is -4.71. The molecule has 1 N–H and O–H groups in total. The van der Waals surface area contributed by atoms with Crippen molar-refractivity contribution in [2.75, 3.05) is 38.1 Å². The number of carbonyl (C=O) groups is 2. The van der Waals surface area contributed by atoms with Crippen LogP contribution in [0.4, 0.5) is 32.0 Å². The number of amides is 2. The van der Waals surface area contributed by atoms with E-state index in [1.54, 1.807) is 40.8 Å². The van der Waals surface area contributed by atoms with Gasteiger partial charge in [-0.15, -0.1) is 0 Å². The van der Waals surface area contributed by atoms with Crippen LogP contribution >= 0.6 is 11.6 Å². The molecule has 0 aliphatic carbocycles. The fourth-order valence-corrected chi connectivity index (χ4v) is 5.91. The molecule has 16 heteroatoms. The van der Waals surface area contributed by atoms with Crippen molar-refractivity contribution in [1.82, 2.24) is 19.4 Å². The quantitative estimate of drug-likeness (QED) is 0.153. The van der Waals surface area contributed by atoms with E-state index in [-0.39, 0.29) is 28.8 Å². The first kappa shape index (κ1) is 36.5. The van der Waals surface area contributed by atoms with Crippen molar-refractivity contribution in [2.45, 2.75) is 18.9 Å². The number of alkyl halides is 6. The normalized spacial score (nSPS) is 14.0. The van der Waals surface area contributed by atoms with E-state index in [4.69, 9.17) is 21.1 Å². The molecule has 2 amide bonds. The maximum atomic E-state index is 13.5. The van der Waals surface area contributed by atoms with E-state index in [9.17, 15) is 35.9 Å². The number of aromatic nitrogens is 2. The topological polar surface area (TPSA) is 88.9 Å². The molecule has 5 aromatic rings. The second-order valence-corrected chi connectivity index (χ2v) is 12.5. The highest BCUT2D eigenvalue weighted by molar-refractivity contribution is 6.31. The van der Waals surface area contributed by atoms with Gasteiger partial charge >= 0.3 is 12.4 Å². The van der Waals surface area contributed by atoms with Gasteiger partial charge in [0.25, 0.3) is 11.8 Å². The predicted octanol–water partition coefficient (Wildman–Crippen LogP) is 8.19. The minimum Gasteiger partial charge on any atom is -0.484 e. The molecule has 52 heavy (non-hydrogen) atoms. The minimum absolute atomic E-state index is 0.125. The van der Waals surface area contributed by atoms with Gasteiger partial charge in [0.15, 0.2) is 6.61 Å². The molecule has 0 spiro atoms. The standard InChI is InChI=1S/C36H30ClF6N5O4/c1-46-30-18-27(52-32-11-6-25(19-44-32)45-33(49)24-5-10-29(37)28(16-24)36(41,42)43)9-4-23(30)17-31(46)34(50)48-14-12-47(13-15-48)20-22-2-7-26(8-3-22)51-21-35(38,39)40/h2-11,16-19H,12-15,20-21H2,1H3,(H,45,49). The number of ether oxygens (including phenoxy) is 2. The van der Waals surface area contributed by atoms with Gasteiger partial charge in [0.05, 0.1) is 28.0 Å². The zero-order chi connectivity index (χ0) is 37.2. The fourth-order valence-electron chi connectivity index (χ4n) is 5.69. The van der Waals surface area contributed by atoms with Gasteiger partial charge in [0, 0.05) is 62.9 Å². The van der Waals surface area contributed by atoms with Crippen LogP contribution in [0.15, 0.2) is 85.1 Å². The average Bonchev–Trinajstić information content (AvgIpc) is 3.43. The van der Waals surface area contributed by atoms with Crippen molar-refractivity contribution < 1.29 is 45.4 Å². The van der Waals surface area contributed by atoms with Crippen LogP contribution in [0.25, 0.3) is 10.9 Å². The Hall–Kier alpha value is -5.28. The smallest absolute Gasteiger partial charge is 0.422 e. The molecule has 272 valence electrons. The lowest BCUT2D eigenvalue weighted by Crippen LogP contribution is -2.48. The number of benzene rings is 3. The SMILES string of the molecule is Cn1c(C(=O)N2CCN(Cc3ccc(OCC(F)(F)F)cc3)CC2)cc2ccc(Oc3ccc(NC(=O)c4ccc(Cl)c(C(F)(F)F)c4)cn3)cc21. The Balaban J connectivity index is 1.03. The summed E-state index contributed by atoms with van der Waals surface area (Å²) in [5, 5.41) is 2.81. The van der Waals surface area contributed by atoms with Crippen LogP contribution in [0.2, 0.25) is 5.02 Å². The molecule has 1 saturated heterocycles. The summed E-state index contributed by atoms with van der Waals surface area (Å²) in [4.78, 5) is 34.3. The molecule has 0 radical (unpaired) electrons. The summed E-state index contributed by atoms with van der Waals surface area (Å²) in [6.45, 7) is 1.48. The summed E-state index contributed by atoms with van der Waals surface area (Å²) in [6.07, 6.45) is -7.81. The number of anilines is 1. The highest BCUT2D eigenvalue weighted by Gasteiger charge is 2.34. The number of fused-ring (bicyclic) bond motifs is 1. The second-order valence-electron chi connectivity index (χ2n) is 12.1. The summed E-state index contributed by atoms with van der Waals surface area (Å²) >= 11 is 5.64. The van der Waals surface area contributed by atoms with Crippen molar-refractivity contribution >= 4 is 40.0 Å². The van der Waals surface area contributed by atoms with Crippen LogP contribution in [-0.4, -0.2) is 70.1 Å². The van der Waals surface area contributed by atoms with Crippen LogP contribution in [0.5, 0.6) is 17.4 Å². The van der Waals surface area contributed by atoms with Crippen molar-refractivity contribution in [2.24, 2.45) is 7.05 Å². The first-order valence-electron chi connectivity index (χ1n) is 15.8. The molecular weight excluding hydrogens is 716 g/mol. The molecule has 3 aromatic carbocycles. The van der Waals surface area contributed by atoms with E-state index in [0.717, 1.165) is 22.5 Å². The van der Waals surface area contributed by atoms with Crippen molar-refractivity contribution in [3.05, 3.63) is 112 Å². The summed E-state index contributed by atoms with van der Waals surface area (Å²) in [5.74, 6) is -0.126. The van der Waals surface area contributed by atoms with Crippen LogP contribution in [0.3, 0.4) is 0 Å². The fraction of sp³-hybridized carbons (Fsp3) is 0.250. The lowest BCUT2D eigenvalue weighted by molar-refractivity contribution is -0.153. The van der Waals surface area contributed by atoms with Crippen molar-refractivity contribution in [3.8, 4) is 17.4 Å². The number of hydrogen-bond acceptors (Lipinski definition) is 6. The Morgan fingerprint density at radius 2 is 1.58 bits per heavy atom. The monoisotopic (exact) mass is 745 g/mol. The number of hydrogen-bond donors (Lipinski definition) is 1. The molecule has 0 saturated carbocycles. The zero-order valence-electron chi connectivity index (χ0n) is 27.4. The molecule has 1 aliphatic heterocycles. The summed E-state index contributed by atoms with van der Waals surface area (Å²) < 4.78 is 89.2. The maximum Gasteiger partial charge on any atom is 0.422 e. The number of nitrogens with one attached hydrogen (secondary N) is 1. The number of aryl methyl sites for hydroxylation is 1. The Kier molecular flexibility index (Phi) is 10.4. The lowest BCUT2D eigenvalue weighted by atomic mass is 10.1. The zero-order valence-corrected chi connectivity index (χ0v) is 28.1. The highest BCUT2D eigenvalue weighted by Crippen LogP contribution is 2.35. The second kappa shape index (κ2) is 14.8. The third-order valence-electron chi connectivity index (χ3n) is 8.38. The van der Waals surface area contributed by atoms with E-state index in [1.807, 2.05) is 12.1 Å². The highest BCUT2D eigenvalue weighted by atomic mass is 35.5. The Morgan fingerprint density at radius 1 is 0.865 bits per heavy atom. The lowest BCUT2D eigenvalue weighted by Gasteiger charge is -2.34. The van der Waals surface area contributed by atoms with Crippen LogP contribution < -0.4 is 14.8 Å². The van der Waals surface area contributed by atoms with E-state index in [1.165, 1.54) is 36.5 Å². The molecular formula is C36H30ClF6N5O4.